The molecule has 0 atom stereocenters. The molecule has 0 unspecified atom stereocenters. The first kappa shape index (κ1) is 27.2. The van der Waals surface area contributed by atoms with Gasteiger partial charge in [-0.25, -0.2) is 0 Å². The van der Waals surface area contributed by atoms with Crippen molar-refractivity contribution in [3.8, 4) is 0 Å². The van der Waals surface area contributed by atoms with Gasteiger partial charge < -0.3 is 7.43 Å². The van der Waals surface area contributed by atoms with Gasteiger partial charge in [-0.1, -0.05) is 96.5 Å². The molecule has 2 aromatic carbocycles. The monoisotopic (exact) mass is 336 g/mol. The van der Waals surface area contributed by atoms with E-state index in [2.05, 4.69) is 62.4 Å². The maximum absolute atomic E-state index is 2.12. The molecule has 0 aliphatic heterocycles. The normalized spacial score (nSPS) is 6.84. The Labute approximate surface area is 146 Å². The molecule has 0 fully saturated rings. The predicted octanol–water partition coefficient (Wildman–Crippen LogP) is 6.76. The van der Waals surface area contributed by atoms with Crippen molar-refractivity contribution < 1.29 is 32.7 Å². The molecule has 0 N–H and O–H groups in total. The summed E-state index contributed by atoms with van der Waals surface area (Å²) in [4.78, 5) is 0. The Bertz CT molecular complexity index is 290. The zero-order valence-electron chi connectivity index (χ0n) is 13.9. The van der Waals surface area contributed by atoms with Crippen molar-refractivity contribution in [3.63, 3.8) is 0 Å². The van der Waals surface area contributed by atoms with Crippen molar-refractivity contribution in [2.75, 3.05) is 0 Å². The number of hydrogen-bond acceptors (Lipinski definition) is 0. The molecule has 0 spiro atoms. The molecule has 19 heavy (non-hydrogen) atoms. The van der Waals surface area contributed by atoms with Gasteiger partial charge in [-0.3, -0.25) is 0 Å². The van der Waals surface area contributed by atoms with Gasteiger partial charge >= 0.3 is 0 Å². The van der Waals surface area contributed by atoms with Crippen LogP contribution in [0.2, 0.25) is 0 Å². The summed E-state index contributed by atoms with van der Waals surface area (Å²) in [6.45, 7) is 12.2. The Morgan fingerprint density at radius 2 is 0.789 bits per heavy atom. The van der Waals surface area contributed by atoms with Crippen molar-refractivity contribution in [3.05, 3.63) is 56.0 Å². The first-order chi connectivity index (χ1) is 8.38. The summed E-state index contributed by atoms with van der Waals surface area (Å²) in [6.07, 6.45) is 1.25. The van der Waals surface area contributed by atoms with Crippen LogP contribution in [0.4, 0.5) is 0 Å². The van der Waals surface area contributed by atoms with E-state index in [-0.39, 0.29) is 40.1 Å². The van der Waals surface area contributed by atoms with Gasteiger partial charge in [0.15, 0.2) is 0 Å². The molecule has 0 heterocycles. The van der Waals surface area contributed by atoms with Gasteiger partial charge in [-0.05, 0) is 10.8 Å². The average molecular weight is 336 g/mol. The van der Waals surface area contributed by atoms with Crippen molar-refractivity contribution >= 4 is 10.8 Å². The van der Waals surface area contributed by atoms with Crippen molar-refractivity contribution in [2.24, 2.45) is 0 Å². The summed E-state index contributed by atoms with van der Waals surface area (Å²) < 4.78 is 0. The summed E-state index contributed by atoms with van der Waals surface area (Å²) in [5.74, 6) is 0. The number of rotatable bonds is 0. The van der Waals surface area contributed by atoms with Crippen LogP contribution in [0.5, 0.6) is 0 Å². The Balaban J connectivity index is -0.000000110. The molecule has 0 aliphatic carbocycles. The van der Waals surface area contributed by atoms with Crippen LogP contribution in [0.25, 0.3) is 10.8 Å². The van der Waals surface area contributed by atoms with Gasteiger partial charge in [0.1, 0.15) is 0 Å². The fraction of sp³-hybridized carbons (Fsp3) is 0.389. The predicted molar refractivity (Wildman–Crippen MR) is 89.0 cm³/mol. The third kappa shape index (κ3) is 14.0. The minimum atomic E-state index is 0. The van der Waals surface area contributed by atoms with E-state index in [1.807, 2.05) is 27.7 Å². The summed E-state index contributed by atoms with van der Waals surface area (Å²) in [5, 5.41) is 2.62. The molecule has 0 amide bonds. The van der Waals surface area contributed by atoms with Gasteiger partial charge in [-0.15, -0.1) is 0 Å². The molecule has 0 saturated heterocycles. The molecule has 1 radical (unpaired) electrons. The molecule has 0 aliphatic rings. The van der Waals surface area contributed by atoms with Crippen molar-refractivity contribution in [2.45, 2.75) is 48.0 Å². The molecule has 0 bridgehead atoms. The molecule has 2 rings (SSSR count). The Morgan fingerprint density at radius 3 is 0.947 bits per heavy atom. The van der Waals surface area contributed by atoms with E-state index in [0.29, 0.717) is 0 Å². The van der Waals surface area contributed by atoms with E-state index in [4.69, 9.17) is 0 Å². The van der Waals surface area contributed by atoms with E-state index in [9.17, 15) is 0 Å². The zero-order chi connectivity index (χ0) is 13.5. The molecule has 2 aromatic rings. The second-order valence-corrected chi connectivity index (χ2v) is 3.05. The minimum absolute atomic E-state index is 0. The smallest absolute Gasteiger partial charge is 0 e. The van der Waals surface area contributed by atoms with Crippen molar-refractivity contribution in [1.82, 2.24) is 0 Å². The fourth-order valence-corrected chi connectivity index (χ4v) is 1.13. The largest absolute Gasteiger partial charge is 0.358 e. The second kappa shape index (κ2) is 22.9. The zero-order valence-corrected chi connectivity index (χ0v) is 16.7. The summed E-state index contributed by atoms with van der Waals surface area (Å²) in [6, 6.07) is 16.7. The number of benzene rings is 2. The molecular formula is C18H31Y-. The first-order valence-electron chi connectivity index (χ1n) is 6.82. The SMILES string of the molecule is CC.CC.CCC.[CH3-].[Y].c1ccc2ccccc2c1. The van der Waals surface area contributed by atoms with Crippen LogP contribution in [-0.2, 0) is 32.7 Å². The molecule has 0 saturated carbocycles. The maximum Gasteiger partial charge on any atom is 0 e. The third-order valence-corrected chi connectivity index (χ3v) is 1.66. The average Bonchev–Trinajstić information content (AvgIpc) is 2.44. The van der Waals surface area contributed by atoms with Gasteiger partial charge in [0.2, 0.25) is 0 Å². The summed E-state index contributed by atoms with van der Waals surface area (Å²) in [5.41, 5.74) is 0. The van der Waals surface area contributed by atoms with Crippen LogP contribution in [0, 0.1) is 7.43 Å². The van der Waals surface area contributed by atoms with Gasteiger partial charge in [0.25, 0.3) is 0 Å². The van der Waals surface area contributed by atoms with E-state index in [0.717, 1.165) is 0 Å². The number of fused-ring (bicyclic) bond motifs is 1. The van der Waals surface area contributed by atoms with Crippen LogP contribution >= 0.6 is 0 Å². The van der Waals surface area contributed by atoms with Crippen LogP contribution in [-0.4, -0.2) is 0 Å². The van der Waals surface area contributed by atoms with E-state index in [1.165, 1.54) is 17.2 Å². The molecular weight excluding hydrogens is 305 g/mol. The maximum atomic E-state index is 2.12. The molecule has 107 valence electrons. The fourth-order valence-electron chi connectivity index (χ4n) is 1.13. The quantitative estimate of drug-likeness (QED) is 0.466. The van der Waals surface area contributed by atoms with Crippen LogP contribution < -0.4 is 0 Å². The van der Waals surface area contributed by atoms with E-state index >= 15 is 0 Å². The van der Waals surface area contributed by atoms with Crippen molar-refractivity contribution in [1.29, 1.82) is 0 Å². The molecule has 0 nitrogen and oxygen atoms in total. The third-order valence-electron chi connectivity index (χ3n) is 1.66. The molecule has 0 aromatic heterocycles. The first-order valence-corrected chi connectivity index (χ1v) is 6.82. The topological polar surface area (TPSA) is 0 Å². The van der Waals surface area contributed by atoms with Crippen LogP contribution in [0.1, 0.15) is 48.0 Å². The van der Waals surface area contributed by atoms with Crippen LogP contribution in [0.3, 0.4) is 0 Å². The van der Waals surface area contributed by atoms with Crippen LogP contribution in [0.15, 0.2) is 48.5 Å². The standard InChI is InChI=1S/C10H8.C3H8.2C2H6.CH3.Y/c1-2-6-10-8-4-3-7-9(10)5-1;1-3-2;2*1-2;;/h1-8H;3H2,1-2H3;2*1-2H3;1H3;/q;;;;-1;. The Hall–Kier alpha value is -0.196. The Kier molecular flexibility index (Phi) is 32.8. The molecule has 1 heteroatoms. The minimum Gasteiger partial charge on any atom is -0.358 e. The number of hydrogen-bond donors (Lipinski definition) is 0. The Morgan fingerprint density at radius 1 is 0.632 bits per heavy atom. The van der Waals surface area contributed by atoms with E-state index in [1.54, 1.807) is 0 Å². The van der Waals surface area contributed by atoms with Gasteiger partial charge in [0.05, 0.1) is 0 Å². The van der Waals surface area contributed by atoms with Gasteiger partial charge in [0, 0.05) is 32.7 Å². The summed E-state index contributed by atoms with van der Waals surface area (Å²) >= 11 is 0. The van der Waals surface area contributed by atoms with Gasteiger partial charge in [-0.2, -0.15) is 0 Å². The second-order valence-electron chi connectivity index (χ2n) is 3.05. The van der Waals surface area contributed by atoms with E-state index < -0.39 is 0 Å². The summed E-state index contributed by atoms with van der Waals surface area (Å²) in [7, 11) is 0.